The Morgan fingerprint density at radius 3 is 3.00 bits per heavy atom. The van der Waals surface area contributed by atoms with Gasteiger partial charge in [-0.3, -0.25) is 4.98 Å². The second-order valence-corrected chi connectivity index (χ2v) is 4.03. The standard InChI is InChI=1S/C9H10N2S/c1-7-11-6-9(12-7)8-4-2-3-5-10-8/h2-7,11H,1H3. The Bertz CT molecular complexity index is 295. The van der Waals surface area contributed by atoms with Crippen molar-refractivity contribution in [2.75, 3.05) is 0 Å². The smallest absolute Gasteiger partial charge is 0.0780 e. The number of nitrogens with one attached hydrogen (secondary N) is 1. The van der Waals surface area contributed by atoms with Gasteiger partial charge in [0.15, 0.2) is 0 Å². The molecule has 0 radical (unpaired) electrons. The minimum atomic E-state index is 0.474. The third-order valence-corrected chi connectivity index (χ3v) is 2.74. The number of nitrogens with zero attached hydrogens (tertiary/aromatic N) is 1. The van der Waals surface area contributed by atoms with Gasteiger partial charge in [0.25, 0.3) is 0 Å². The average molecular weight is 178 g/mol. The highest BCUT2D eigenvalue weighted by Gasteiger charge is 2.13. The first kappa shape index (κ1) is 7.68. The number of pyridine rings is 1. The van der Waals surface area contributed by atoms with Crippen LogP contribution in [0.5, 0.6) is 0 Å². The van der Waals surface area contributed by atoms with Gasteiger partial charge in [-0.2, -0.15) is 0 Å². The van der Waals surface area contributed by atoms with Crippen molar-refractivity contribution in [2.24, 2.45) is 0 Å². The van der Waals surface area contributed by atoms with E-state index in [0.717, 1.165) is 5.69 Å². The van der Waals surface area contributed by atoms with Crippen molar-refractivity contribution >= 4 is 16.7 Å². The van der Waals surface area contributed by atoms with E-state index in [4.69, 9.17) is 0 Å². The highest BCUT2D eigenvalue weighted by molar-refractivity contribution is 8.09. The molecule has 2 nitrogen and oxygen atoms in total. The van der Waals surface area contributed by atoms with Crippen LogP contribution in [-0.4, -0.2) is 10.4 Å². The summed E-state index contributed by atoms with van der Waals surface area (Å²) < 4.78 is 0. The first-order chi connectivity index (χ1) is 5.86. The lowest BCUT2D eigenvalue weighted by Crippen LogP contribution is -2.09. The summed E-state index contributed by atoms with van der Waals surface area (Å²) in [6.07, 6.45) is 3.84. The number of rotatable bonds is 1. The first-order valence-corrected chi connectivity index (χ1v) is 4.78. The highest BCUT2D eigenvalue weighted by atomic mass is 32.2. The van der Waals surface area contributed by atoms with E-state index in [1.807, 2.05) is 30.6 Å². The Hall–Kier alpha value is -0.960. The molecule has 0 aliphatic carbocycles. The van der Waals surface area contributed by atoms with Crippen LogP contribution in [0.3, 0.4) is 0 Å². The van der Waals surface area contributed by atoms with Crippen molar-refractivity contribution < 1.29 is 0 Å². The maximum Gasteiger partial charge on any atom is 0.0780 e. The molecule has 2 rings (SSSR count). The maximum absolute atomic E-state index is 4.27. The summed E-state index contributed by atoms with van der Waals surface area (Å²) in [5, 5.41) is 3.70. The number of thioether (sulfide) groups is 1. The third-order valence-electron chi connectivity index (χ3n) is 1.67. The normalized spacial score (nSPS) is 21.8. The van der Waals surface area contributed by atoms with Gasteiger partial charge in [0, 0.05) is 12.4 Å². The van der Waals surface area contributed by atoms with Gasteiger partial charge in [-0.05, 0) is 19.1 Å². The zero-order chi connectivity index (χ0) is 8.39. The van der Waals surface area contributed by atoms with Gasteiger partial charge in [-0.1, -0.05) is 17.8 Å². The van der Waals surface area contributed by atoms with Crippen molar-refractivity contribution in [3.8, 4) is 0 Å². The van der Waals surface area contributed by atoms with Gasteiger partial charge in [-0.25, -0.2) is 0 Å². The molecule has 1 aliphatic rings. The summed E-state index contributed by atoms with van der Waals surface area (Å²) >= 11 is 1.81. The molecule has 0 spiro atoms. The molecule has 0 saturated carbocycles. The first-order valence-electron chi connectivity index (χ1n) is 3.90. The molecule has 0 amide bonds. The highest BCUT2D eigenvalue weighted by Crippen LogP contribution is 2.32. The fraction of sp³-hybridized carbons (Fsp3) is 0.222. The Kier molecular flexibility index (Phi) is 2.04. The van der Waals surface area contributed by atoms with Crippen LogP contribution in [0.25, 0.3) is 4.91 Å². The van der Waals surface area contributed by atoms with Gasteiger partial charge in [0.2, 0.25) is 0 Å². The second kappa shape index (κ2) is 3.19. The Morgan fingerprint density at radius 2 is 2.42 bits per heavy atom. The summed E-state index contributed by atoms with van der Waals surface area (Å²) in [5.41, 5.74) is 1.05. The SMILES string of the molecule is CC1NC=C(c2ccccn2)S1. The van der Waals surface area contributed by atoms with E-state index in [9.17, 15) is 0 Å². The van der Waals surface area contributed by atoms with E-state index in [1.54, 1.807) is 11.8 Å². The molecule has 1 N–H and O–H groups in total. The molecule has 12 heavy (non-hydrogen) atoms. The molecule has 0 bridgehead atoms. The Labute approximate surface area is 76.1 Å². The molecule has 2 heterocycles. The molecule has 1 aromatic rings. The van der Waals surface area contributed by atoms with Crippen molar-refractivity contribution in [2.45, 2.75) is 12.3 Å². The second-order valence-electron chi connectivity index (χ2n) is 2.65. The summed E-state index contributed by atoms with van der Waals surface area (Å²) in [6, 6.07) is 5.96. The van der Waals surface area contributed by atoms with Crippen molar-refractivity contribution in [1.82, 2.24) is 10.3 Å². The molecule has 0 saturated heterocycles. The molecule has 1 aliphatic heterocycles. The van der Waals surface area contributed by atoms with Crippen LogP contribution >= 0.6 is 11.8 Å². The van der Waals surface area contributed by atoms with Gasteiger partial charge < -0.3 is 5.32 Å². The summed E-state index contributed by atoms with van der Waals surface area (Å²) in [5.74, 6) is 0. The Morgan fingerprint density at radius 1 is 1.50 bits per heavy atom. The van der Waals surface area contributed by atoms with Crippen LogP contribution in [0.1, 0.15) is 12.6 Å². The van der Waals surface area contributed by atoms with E-state index in [1.165, 1.54) is 4.91 Å². The van der Waals surface area contributed by atoms with Crippen LogP contribution in [0.15, 0.2) is 30.6 Å². The molecular weight excluding hydrogens is 168 g/mol. The predicted octanol–water partition coefficient (Wildman–Crippen LogP) is 2.06. The van der Waals surface area contributed by atoms with Crippen molar-refractivity contribution in [3.05, 3.63) is 36.3 Å². The van der Waals surface area contributed by atoms with E-state index in [-0.39, 0.29) is 0 Å². The molecule has 1 aromatic heterocycles. The van der Waals surface area contributed by atoms with Gasteiger partial charge in [-0.15, -0.1) is 0 Å². The zero-order valence-corrected chi connectivity index (χ0v) is 7.64. The van der Waals surface area contributed by atoms with Crippen LogP contribution < -0.4 is 5.32 Å². The predicted molar refractivity (Wildman–Crippen MR) is 52.4 cm³/mol. The summed E-state index contributed by atoms with van der Waals surface area (Å²) in [6.45, 7) is 2.14. The maximum atomic E-state index is 4.27. The van der Waals surface area contributed by atoms with Gasteiger partial charge >= 0.3 is 0 Å². The number of aromatic nitrogens is 1. The lowest BCUT2D eigenvalue weighted by molar-refractivity contribution is 0.874. The molecule has 62 valence electrons. The number of hydrogen-bond donors (Lipinski definition) is 1. The monoisotopic (exact) mass is 178 g/mol. The fourth-order valence-corrected chi connectivity index (χ4v) is 1.99. The van der Waals surface area contributed by atoms with Gasteiger partial charge in [0.1, 0.15) is 0 Å². The molecule has 3 heteroatoms. The van der Waals surface area contributed by atoms with Gasteiger partial charge in [0.05, 0.1) is 16.0 Å². The van der Waals surface area contributed by atoms with E-state index in [2.05, 4.69) is 17.2 Å². The molecule has 0 fully saturated rings. The molecule has 1 unspecified atom stereocenters. The van der Waals surface area contributed by atoms with Crippen LogP contribution in [0.2, 0.25) is 0 Å². The topological polar surface area (TPSA) is 24.9 Å². The lowest BCUT2D eigenvalue weighted by atomic mass is 10.3. The third kappa shape index (κ3) is 1.46. The van der Waals surface area contributed by atoms with Crippen molar-refractivity contribution in [3.63, 3.8) is 0 Å². The zero-order valence-electron chi connectivity index (χ0n) is 6.82. The van der Waals surface area contributed by atoms with E-state index in [0.29, 0.717) is 5.37 Å². The summed E-state index contributed by atoms with van der Waals surface area (Å²) in [4.78, 5) is 5.49. The molecule has 1 atom stereocenters. The van der Waals surface area contributed by atoms with Crippen LogP contribution in [0, 0.1) is 0 Å². The van der Waals surface area contributed by atoms with Crippen LogP contribution in [-0.2, 0) is 0 Å². The molecule has 0 aromatic carbocycles. The largest absolute Gasteiger partial charge is 0.378 e. The number of hydrogen-bond acceptors (Lipinski definition) is 3. The Balaban J connectivity index is 2.22. The minimum absolute atomic E-state index is 0.474. The lowest BCUT2D eigenvalue weighted by Gasteiger charge is -2.01. The molecular formula is C9H10N2S. The minimum Gasteiger partial charge on any atom is -0.378 e. The fourth-order valence-electron chi connectivity index (χ4n) is 1.09. The van der Waals surface area contributed by atoms with E-state index < -0.39 is 0 Å². The van der Waals surface area contributed by atoms with E-state index >= 15 is 0 Å². The van der Waals surface area contributed by atoms with Crippen LogP contribution in [0.4, 0.5) is 0 Å². The summed E-state index contributed by atoms with van der Waals surface area (Å²) in [7, 11) is 0. The van der Waals surface area contributed by atoms with Crippen molar-refractivity contribution in [1.29, 1.82) is 0 Å². The quantitative estimate of drug-likeness (QED) is 0.712. The average Bonchev–Trinajstić information content (AvgIpc) is 2.54.